The maximum atomic E-state index is 11.4. The zero-order chi connectivity index (χ0) is 14.0. The summed E-state index contributed by atoms with van der Waals surface area (Å²) in [5, 5.41) is 9.35. The van der Waals surface area contributed by atoms with E-state index < -0.39 is 5.97 Å². The molecule has 0 aromatic heterocycles. The third-order valence-electron chi connectivity index (χ3n) is 5.08. The van der Waals surface area contributed by atoms with E-state index in [2.05, 4.69) is 4.90 Å². The minimum atomic E-state index is -0.817. The van der Waals surface area contributed by atoms with Gasteiger partial charge in [0, 0.05) is 13.1 Å². The SMILES string of the molecule is O=C(O)c1ccccc1N1CCC2(CCCCCC2)C1. The van der Waals surface area contributed by atoms with Gasteiger partial charge in [0.05, 0.1) is 11.3 Å². The number of carbonyl (C=O) groups is 1. The molecule has 1 saturated heterocycles. The van der Waals surface area contributed by atoms with Gasteiger partial charge in [-0.25, -0.2) is 4.79 Å². The second-order valence-corrected chi connectivity index (χ2v) is 6.41. The molecule has 1 heterocycles. The topological polar surface area (TPSA) is 40.5 Å². The number of nitrogens with zero attached hydrogens (tertiary/aromatic N) is 1. The van der Waals surface area contributed by atoms with Gasteiger partial charge in [-0.1, -0.05) is 37.8 Å². The highest BCUT2D eigenvalue weighted by molar-refractivity contribution is 5.94. The molecule has 1 spiro atoms. The molecule has 0 atom stereocenters. The summed E-state index contributed by atoms with van der Waals surface area (Å²) in [6.07, 6.45) is 9.28. The molecular formula is C17H23NO2. The summed E-state index contributed by atoms with van der Waals surface area (Å²) < 4.78 is 0. The summed E-state index contributed by atoms with van der Waals surface area (Å²) >= 11 is 0. The van der Waals surface area contributed by atoms with Crippen LogP contribution in [0.3, 0.4) is 0 Å². The Balaban J connectivity index is 1.81. The highest BCUT2D eigenvalue weighted by Gasteiger charge is 2.38. The smallest absolute Gasteiger partial charge is 0.337 e. The molecule has 0 unspecified atom stereocenters. The maximum Gasteiger partial charge on any atom is 0.337 e. The van der Waals surface area contributed by atoms with Crippen LogP contribution in [-0.4, -0.2) is 24.2 Å². The molecule has 1 aromatic rings. The molecular weight excluding hydrogens is 250 g/mol. The molecule has 108 valence electrons. The zero-order valence-corrected chi connectivity index (χ0v) is 12.0. The molecule has 3 nitrogen and oxygen atoms in total. The third kappa shape index (κ3) is 2.54. The first-order chi connectivity index (χ1) is 9.70. The van der Waals surface area contributed by atoms with Gasteiger partial charge in [-0.15, -0.1) is 0 Å². The Bertz CT molecular complexity index is 490. The molecule has 0 bridgehead atoms. The zero-order valence-electron chi connectivity index (χ0n) is 12.0. The largest absolute Gasteiger partial charge is 0.478 e. The van der Waals surface area contributed by atoms with Crippen molar-refractivity contribution in [1.29, 1.82) is 0 Å². The molecule has 2 fully saturated rings. The molecule has 1 saturated carbocycles. The summed E-state index contributed by atoms with van der Waals surface area (Å²) in [5.41, 5.74) is 1.79. The van der Waals surface area contributed by atoms with Crippen LogP contribution in [0.25, 0.3) is 0 Å². The van der Waals surface area contributed by atoms with E-state index in [1.165, 1.54) is 44.9 Å². The predicted octanol–water partition coefficient (Wildman–Crippen LogP) is 3.94. The normalized spacial score (nSPS) is 21.9. The minimum absolute atomic E-state index is 0.443. The average Bonchev–Trinajstić information content (AvgIpc) is 2.72. The van der Waals surface area contributed by atoms with E-state index >= 15 is 0 Å². The van der Waals surface area contributed by atoms with Crippen LogP contribution in [0.15, 0.2) is 24.3 Å². The molecule has 0 radical (unpaired) electrons. The summed E-state index contributed by atoms with van der Waals surface area (Å²) in [7, 11) is 0. The van der Waals surface area contributed by atoms with E-state index in [0.29, 0.717) is 11.0 Å². The van der Waals surface area contributed by atoms with Crippen molar-refractivity contribution in [2.45, 2.75) is 44.9 Å². The average molecular weight is 273 g/mol. The number of hydrogen-bond acceptors (Lipinski definition) is 2. The summed E-state index contributed by atoms with van der Waals surface area (Å²) in [6.45, 7) is 2.04. The number of carboxylic acids is 1. The number of carboxylic acid groups (broad SMARTS) is 1. The fourth-order valence-corrected chi connectivity index (χ4v) is 3.96. The first kappa shape index (κ1) is 13.5. The lowest BCUT2D eigenvalue weighted by atomic mass is 9.80. The molecule has 1 N–H and O–H groups in total. The van der Waals surface area contributed by atoms with Crippen LogP contribution >= 0.6 is 0 Å². The molecule has 1 aliphatic carbocycles. The second-order valence-electron chi connectivity index (χ2n) is 6.41. The fraction of sp³-hybridized carbons (Fsp3) is 0.588. The van der Waals surface area contributed by atoms with Crippen molar-refractivity contribution >= 4 is 11.7 Å². The lowest BCUT2D eigenvalue weighted by molar-refractivity contribution is 0.0697. The lowest BCUT2D eigenvalue weighted by Crippen LogP contribution is -2.27. The van der Waals surface area contributed by atoms with Crippen molar-refractivity contribution in [3.8, 4) is 0 Å². The third-order valence-corrected chi connectivity index (χ3v) is 5.08. The minimum Gasteiger partial charge on any atom is -0.478 e. The molecule has 3 heteroatoms. The van der Waals surface area contributed by atoms with Gasteiger partial charge in [-0.3, -0.25) is 0 Å². The number of aromatic carboxylic acids is 1. The van der Waals surface area contributed by atoms with Crippen LogP contribution in [0.1, 0.15) is 55.3 Å². The number of para-hydroxylation sites is 1. The van der Waals surface area contributed by atoms with Crippen LogP contribution in [-0.2, 0) is 0 Å². The Hall–Kier alpha value is -1.51. The van der Waals surface area contributed by atoms with Crippen LogP contribution in [0.5, 0.6) is 0 Å². The van der Waals surface area contributed by atoms with E-state index in [0.717, 1.165) is 18.8 Å². The number of rotatable bonds is 2. The Morgan fingerprint density at radius 1 is 1.05 bits per heavy atom. The Kier molecular flexibility index (Phi) is 3.68. The van der Waals surface area contributed by atoms with E-state index in [9.17, 15) is 9.90 Å². The standard InChI is InChI=1S/C17H23NO2/c19-16(20)14-7-3-4-8-15(14)18-12-11-17(13-18)9-5-1-2-6-10-17/h3-4,7-8H,1-2,5-6,9-13H2,(H,19,20). The Morgan fingerprint density at radius 2 is 1.75 bits per heavy atom. The van der Waals surface area contributed by atoms with Gasteiger partial charge >= 0.3 is 5.97 Å². The molecule has 3 rings (SSSR count). The van der Waals surface area contributed by atoms with Gasteiger partial charge in [0.15, 0.2) is 0 Å². The van der Waals surface area contributed by atoms with E-state index in [1.807, 2.05) is 18.2 Å². The first-order valence-electron chi connectivity index (χ1n) is 7.78. The van der Waals surface area contributed by atoms with Crippen molar-refractivity contribution in [2.75, 3.05) is 18.0 Å². The van der Waals surface area contributed by atoms with E-state index in [-0.39, 0.29) is 0 Å². The number of anilines is 1. The van der Waals surface area contributed by atoms with Gasteiger partial charge in [0.1, 0.15) is 0 Å². The summed E-state index contributed by atoms with van der Waals surface area (Å²) in [4.78, 5) is 13.7. The Morgan fingerprint density at radius 3 is 2.45 bits per heavy atom. The van der Waals surface area contributed by atoms with Crippen molar-refractivity contribution in [2.24, 2.45) is 5.41 Å². The molecule has 20 heavy (non-hydrogen) atoms. The van der Waals surface area contributed by atoms with Gasteiger partial charge in [0.2, 0.25) is 0 Å². The van der Waals surface area contributed by atoms with Gasteiger partial charge < -0.3 is 10.0 Å². The van der Waals surface area contributed by atoms with Crippen LogP contribution in [0.4, 0.5) is 5.69 Å². The van der Waals surface area contributed by atoms with Crippen molar-refractivity contribution in [1.82, 2.24) is 0 Å². The fourth-order valence-electron chi connectivity index (χ4n) is 3.96. The highest BCUT2D eigenvalue weighted by Crippen LogP contribution is 2.44. The first-order valence-corrected chi connectivity index (χ1v) is 7.78. The van der Waals surface area contributed by atoms with Crippen molar-refractivity contribution in [3.05, 3.63) is 29.8 Å². The highest BCUT2D eigenvalue weighted by atomic mass is 16.4. The number of hydrogen-bond donors (Lipinski definition) is 1. The quantitative estimate of drug-likeness (QED) is 0.887. The predicted molar refractivity (Wildman–Crippen MR) is 80.4 cm³/mol. The molecule has 1 aromatic carbocycles. The van der Waals surface area contributed by atoms with Gasteiger partial charge in [0.25, 0.3) is 0 Å². The lowest BCUT2D eigenvalue weighted by Gasteiger charge is -2.29. The van der Waals surface area contributed by atoms with Gasteiger partial charge in [-0.2, -0.15) is 0 Å². The second kappa shape index (κ2) is 5.47. The van der Waals surface area contributed by atoms with Crippen LogP contribution < -0.4 is 4.90 Å². The van der Waals surface area contributed by atoms with E-state index in [1.54, 1.807) is 6.07 Å². The van der Waals surface area contributed by atoms with Crippen molar-refractivity contribution in [3.63, 3.8) is 0 Å². The van der Waals surface area contributed by atoms with Crippen molar-refractivity contribution < 1.29 is 9.90 Å². The van der Waals surface area contributed by atoms with Gasteiger partial charge in [-0.05, 0) is 36.8 Å². The molecule has 2 aliphatic rings. The number of benzene rings is 1. The van der Waals surface area contributed by atoms with E-state index in [4.69, 9.17) is 0 Å². The van der Waals surface area contributed by atoms with Crippen LogP contribution in [0, 0.1) is 5.41 Å². The molecule has 1 aliphatic heterocycles. The maximum absolute atomic E-state index is 11.4. The monoisotopic (exact) mass is 273 g/mol. The molecule has 0 amide bonds. The Labute approximate surface area is 120 Å². The van der Waals surface area contributed by atoms with Crippen LogP contribution in [0.2, 0.25) is 0 Å². The summed E-state index contributed by atoms with van der Waals surface area (Å²) in [6, 6.07) is 7.43. The summed E-state index contributed by atoms with van der Waals surface area (Å²) in [5.74, 6) is -0.817.